The summed E-state index contributed by atoms with van der Waals surface area (Å²) in [5, 5.41) is 0. The van der Waals surface area contributed by atoms with E-state index in [9.17, 15) is 0 Å². The van der Waals surface area contributed by atoms with Crippen LogP contribution in [0.15, 0.2) is 17.4 Å². The lowest BCUT2D eigenvalue weighted by atomic mass is 10.7. The van der Waals surface area contributed by atoms with E-state index < -0.39 is 0 Å². The van der Waals surface area contributed by atoms with Crippen LogP contribution in [0, 0.1) is 0 Å². The molecule has 0 bridgehead atoms. The Kier molecular flexibility index (Phi) is 3.16. The van der Waals surface area contributed by atoms with Crippen molar-refractivity contribution in [2.75, 3.05) is 6.54 Å². The second-order valence-corrected chi connectivity index (χ2v) is 1.31. The Morgan fingerprint density at radius 2 is 2.50 bits per heavy atom. The van der Waals surface area contributed by atoms with Crippen molar-refractivity contribution in [3.63, 3.8) is 0 Å². The first-order chi connectivity index (χ1) is 3.43. The molecule has 0 fully saturated rings. The first kappa shape index (κ1) is 7.41. The zero-order chi connectivity index (χ0) is 5.11. The summed E-state index contributed by atoms with van der Waals surface area (Å²) in [7, 11) is 0. The number of nitrogens with zero attached hydrogens (tertiary/aromatic N) is 2. The molecule has 3 heteroatoms. The Morgan fingerprint density at radius 3 is 2.75 bits per heavy atom. The molecule has 1 aliphatic heterocycles. The minimum Gasteiger partial charge on any atom is -1.00 e. The highest BCUT2D eigenvalue weighted by Gasteiger charge is 2.04. The van der Waals surface area contributed by atoms with Gasteiger partial charge in [-0.15, -0.1) is 0 Å². The summed E-state index contributed by atoms with van der Waals surface area (Å²) in [5.41, 5.74) is 0. The van der Waals surface area contributed by atoms with Gasteiger partial charge in [-0.3, -0.25) is 0 Å². The molecular formula is C5H7ClN2. The quantitative estimate of drug-likeness (QED) is 0.365. The third kappa shape index (κ3) is 1.49. The van der Waals surface area contributed by atoms with Gasteiger partial charge in [0.1, 0.15) is 0 Å². The van der Waals surface area contributed by atoms with E-state index in [0.717, 1.165) is 6.54 Å². The fourth-order valence-electron chi connectivity index (χ4n) is 0.431. The number of aliphatic imine (C=N–C) groups is 1. The summed E-state index contributed by atoms with van der Waals surface area (Å²) in [4.78, 5) is 5.62. The predicted octanol–water partition coefficient (Wildman–Crippen LogP) is -2.30. The lowest BCUT2D eigenvalue weighted by Crippen LogP contribution is -3.00. The Balaban J connectivity index is 0.000000490. The summed E-state index contributed by atoms with van der Waals surface area (Å²) < 4.78 is 0. The first-order valence-corrected chi connectivity index (χ1v) is 2.32. The zero-order valence-electron chi connectivity index (χ0n) is 4.63. The van der Waals surface area contributed by atoms with Crippen LogP contribution < -0.4 is 12.4 Å². The molecule has 0 saturated heterocycles. The number of hydrogen-bond donors (Lipinski definition) is 0. The molecule has 8 heavy (non-hydrogen) atoms. The monoisotopic (exact) mass is 130 g/mol. The Labute approximate surface area is 55.3 Å². The molecular weight excluding hydrogens is 124 g/mol. The van der Waals surface area contributed by atoms with E-state index in [1.807, 2.05) is 11.1 Å². The molecule has 1 aliphatic rings. The van der Waals surface area contributed by atoms with Crippen LogP contribution in [0.1, 0.15) is 6.92 Å². The number of rotatable bonds is 1. The van der Waals surface area contributed by atoms with Crippen LogP contribution in [0.4, 0.5) is 0 Å². The summed E-state index contributed by atoms with van der Waals surface area (Å²) >= 11 is 0. The standard InChI is InChI=1S/C5H7N2.ClH/c1-2-7-4-3-6-5-7;/h3-4H,2H2,1H3;1H/q+1;/p-1. The molecule has 2 nitrogen and oxygen atoms in total. The molecule has 1 heterocycles. The Morgan fingerprint density at radius 1 is 1.75 bits per heavy atom. The molecule has 0 spiro atoms. The number of hydrogen-bond acceptors (Lipinski definition) is 2. The molecule has 0 radical (unpaired) electrons. The van der Waals surface area contributed by atoms with Crippen LogP contribution in [0.3, 0.4) is 0 Å². The maximum atomic E-state index is 3.73. The summed E-state index contributed by atoms with van der Waals surface area (Å²) in [5.74, 6) is 0. The lowest BCUT2D eigenvalue weighted by molar-refractivity contribution is -0.00000154. The molecule has 0 saturated carbocycles. The van der Waals surface area contributed by atoms with Crippen molar-refractivity contribution in [3.8, 4) is 0 Å². The SMILES string of the molecule is CCN1[C+]=NC=C1.[Cl-]. The summed E-state index contributed by atoms with van der Waals surface area (Å²) in [6.07, 6.45) is 6.37. The fourth-order valence-corrected chi connectivity index (χ4v) is 0.431. The molecule has 0 aromatic rings. The maximum Gasteiger partial charge on any atom is 0.255 e. The molecule has 44 valence electrons. The minimum absolute atomic E-state index is 0. The van der Waals surface area contributed by atoms with E-state index in [4.69, 9.17) is 0 Å². The van der Waals surface area contributed by atoms with Crippen molar-refractivity contribution >= 4 is 6.34 Å². The van der Waals surface area contributed by atoms with Gasteiger partial charge in [-0.2, -0.15) is 4.90 Å². The molecule has 0 unspecified atom stereocenters. The van der Waals surface area contributed by atoms with Crippen molar-refractivity contribution in [2.45, 2.75) is 6.92 Å². The average Bonchev–Trinajstić information content (AvgIpc) is 2.14. The van der Waals surface area contributed by atoms with Gasteiger partial charge in [-0.25, -0.2) is 0 Å². The smallest absolute Gasteiger partial charge is 0.255 e. The van der Waals surface area contributed by atoms with Gasteiger partial charge >= 0.3 is 0 Å². The molecule has 0 aliphatic carbocycles. The van der Waals surface area contributed by atoms with Gasteiger partial charge in [-0.05, 0) is 11.9 Å². The molecule has 0 aromatic heterocycles. The summed E-state index contributed by atoms with van der Waals surface area (Å²) in [6.45, 7) is 3.01. The van der Waals surface area contributed by atoms with Crippen molar-refractivity contribution in [3.05, 3.63) is 12.4 Å². The largest absolute Gasteiger partial charge is 1.00 e. The van der Waals surface area contributed by atoms with Gasteiger partial charge in [0.15, 0.2) is 6.20 Å². The van der Waals surface area contributed by atoms with E-state index in [1.54, 1.807) is 6.20 Å². The molecule has 0 aromatic carbocycles. The van der Waals surface area contributed by atoms with Crippen LogP contribution >= 0.6 is 0 Å². The Hall–Kier alpha value is -0.590. The minimum atomic E-state index is 0. The average molecular weight is 131 g/mol. The second kappa shape index (κ2) is 3.42. The normalized spacial score (nSPS) is 13.4. The van der Waals surface area contributed by atoms with Crippen LogP contribution in [0.25, 0.3) is 0 Å². The van der Waals surface area contributed by atoms with Crippen molar-refractivity contribution < 1.29 is 12.4 Å². The van der Waals surface area contributed by atoms with E-state index in [0.29, 0.717) is 0 Å². The van der Waals surface area contributed by atoms with E-state index >= 15 is 0 Å². The molecule has 1 rings (SSSR count). The van der Waals surface area contributed by atoms with Gasteiger partial charge in [0.2, 0.25) is 6.20 Å². The molecule has 0 atom stereocenters. The van der Waals surface area contributed by atoms with Crippen molar-refractivity contribution in [2.24, 2.45) is 4.99 Å². The lowest BCUT2D eigenvalue weighted by Gasteiger charge is -1.90. The highest BCUT2D eigenvalue weighted by molar-refractivity contribution is 5.59. The van der Waals surface area contributed by atoms with Gasteiger partial charge in [-0.1, -0.05) is 0 Å². The van der Waals surface area contributed by atoms with E-state index in [-0.39, 0.29) is 12.4 Å². The van der Waals surface area contributed by atoms with Crippen molar-refractivity contribution in [1.29, 1.82) is 0 Å². The molecule has 0 N–H and O–H groups in total. The van der Waals surface area contributed by atoms with Crippen LogP contribution in [-0.2, 0) is 0 Å². The van der Waals surface area contributed by atoms with Gasteiger partial charge < -0.3 is 12.4 Å². The predicted molar refractivity (Wildman–Crippen MR) is 29.0 cm³/mol. The topological polar surface area (TPSA) is 15.6 Å². The fraction of sp³-hybridized carbons (Fsp3) is 0.400. The van der Waals surface area contributed by atoms with Crippen LogP contribution in [0.5, 0.6) is 0 Å². The highest BCUT2D eigenvalue weighted by Crippen LogP contribution is 1.91. The molecule has 0 amide bonds. The Bertz CT molecular complexity index is 97.0. The van der Waals surface area contributed by atoms with Crippen molar-refractivity contribution in [1.82, 2.24) is 4.90 Å². The van der Waals surface area contributed by atoms with E-state index in [1.165, 1.54) is 0 Å². The van der Waals surface area contributed by atoms with Gasteiger partial charge in [0, 0.05) is 0 Å². The second-order valence-electron chi connectivity index (χ2n) is 1.31. The third-order valence-electron chi connectivity index (χ3n) is 0.848. The maximum absolute atomic E-state index is 3.73. The van der Waals surface area contributed by atoms with Gasteiger partial charge in [0.05, 0.1) is 6.54 Å². The zero-order valence-corrected chi connectivity index (χ0v) is 5.39. The third-order valence-corrected chi connectivity index (χ3v) is 0.848. The summed E-state index contributed by atoms with van der Waals surface area (Å²) in [6, 6.07) is 0. The number of halogens is 1. The van der Waals surface area contributed by atoms with Crippen LogP contribution in [0.2, 0.25) is 0 Å². The van der Waals surface area contributed by atoms with E-state index in [2.05, 4.69) is 18.3 Å². The highest BCUT2D eigenvalue weighted by atomic mass is 35.5. The first-order valence-electron chi connectivity index (χ1n) is 2.32. The van der Waals surface area contributed by atoms with Crippen LogP contribution in [-0.4, -0.2) is 17.8 Å². The van der Waals surface area contributed by atoms with Gasteiger partial charge in [0.25, 0.3) is 6.34 Å².